The van der Waals surface area contributed by atoms with E-state index in [-0.39, 0.29) is 28.8 Å². The second-order valence-electron chi connectivity index (χ2n) is 12.3. The van der Waals surface area contributed by atoms with Gasteiger partial charge in [-0.25, -0.2) is 0 Å². The molecule has 0 aliphatic rings. The van der Waals surface area contributed by atoms with Crippen LogP contribution in [0.15, 0.2) is 95.6 Å². The first-order valence-corrected chi connectivity index (χ1v) is 19.3. The van der Waals surface area contributed by atoms with Crippen LogP contribution in [0.2, 0.25) is 0 Å². The highest BCUT2D eigenvalue weighted by Crippen LogP contribution is 2.28. The first-order chi connectivity index (χ1) is 24.8. The molecule has 0 aliphatic carbocycles. The van der Waals surface area contributed by atoms with Gasteiger partial charge >= 0.3 is 0 Å². The summed E-state index contributed by atoms with van der Waals surface area (Å²) in [7, 11) is 0. The number of phenols is 1. The first kappa shape index (κ1) is 45.2. The fourth-order valence-corrected chi connectivity index (χ4v) is 4.98. The van der Waals surface area contributed by atoms with Gasteiger partial charge in [0.15, 0.2) is 0 Å². The second kappa shape index (κ2) is 28.8. The Labute approximate surface area is 314 Å². The number of anilines is 1. The predicted octanol–water partition coefficient (Wildman–Crippen LogP) is 10.5. The molecule has 0 bridgehead atoms. The zero-order valence-corrected chi connectivity index (χ0v) is 32.9. The van der Waals surface area contributed by atoms with E-state index in [0.29, 0.717) is 11.3 Å². The standard InChI is InChI=1S/C30H32N2O3S.C9H22N2.C4H10/c1-3-4-6-11-21(2)26(18-19-36)31-29(34)23-16-17-27(28(33)20-23)32-30(35)25-15-10-9-14-24(25)22-12-7-5-8-13-22;1-3-5-6-7-11-9-8-10-4-2;1-3-4-2/h5,7-10,12-20,33,36H,3-4,6,11H2,1-2H3,(H,31,34)(H,32,35);10-11H,3-9H2,1-2H3;3-4H2,1-2H3/b19-18-,26-21-;;. The monoisotopic (exact) mass is 716 g/mol. The van der Waals surface area contributed by atoms with Gasteiger partial charge in [-0.3, -0.25) is 9.59 Å². The van der Waals surface area contributed by atoms with Crippen molar-refractivity contribution in [2.75, 3.05) is 31.5 Å². The molecule has 280 valence electrons. The van der Waals surface area contributed by atoms with Crippen molar-refractivity contribution in [1.29, 1.82) is 0 Å². The third-order valence-corrected chi connectivity index (χ3v) is 8.20. The van der Waals surface area contributed by atoms with Gasteiger partial charge in [0.2, 0.25) is 0 Å². The third kappa shape index (κ3) is 18.8. The Bertz CT molecular complexity index is 1450. The van der Waals surface area contributed by atoms with E-state index in [2.05, 4.69) is 68.5 Å². The van der Waals surface area contributed by atoms with E-state index in [1.807, 2.05) is 49.4 Å². The number of rotatable bonds is 19. The van der Waals surface area contributed by atoms with Crippen LogP contribution in [0.3, 0.4) is 0 Å². The van der Waals surface area contributed by atoms with Crippen LogP contribution < -0.4 is 21.3 Å². The Hall–Kier alpha value is -3.85. The average Bonchev–Trinajstić information content (AvgIpc) is 3.15. The van der Waals surface area contributed by atoms with Crippen molar-refractivity contribution < 1.29 is 14.7 Å². The predicted molar refractivity (Wildman–Crippen MR) is 222 cm³/mol. The van der Waals surface area contributed by atoms with Gasteiger partial charge in [0, 0.05) is 29.9 Å². The summed E-state index contributed by atoms with van der Waals surface area (Å²) in [5.41, 5.74) is 4.45. The molecule has 0 radical (unpaired) electrons. The molecule has 51 heavy (non-hydrogen) atoms. The minimum absolute atomic E-state index is 0.192. The van der Waals surface area contributed by atoms with E-state index in [1.165, 1.54) is 50.8 Å². The molecule has 8 heteroatoms. The maximum atomic E-state index is 13.1. The number of aromatic hydroxyl groups is 1. The average molecular weight is 717 g/mol. The summed E-state index contributed by atoms with van der Waals surface area (Å²) < 4.78 is 0. The van der Waals surface area contributed by atoms with Gasteiger partial charge in [0.05, 0.1) is 5.69 Å². The summed E-state index contributed by atoms with van der Waals surface area (Å²) in [6, 6.07) is 21.4. The molecule has 0 spiro atoms. The Morgan fingerprint density at radius 1 is 0.725 bits per heavy atom. The summed E-state index contributed by atoms with van der Waals surface area (Å²) in [6.45, 7) is 17.3. The highest BCUT2D eigenvalue weighted by atomic mass is 32.1. The molecule has 0 unspecified atom stereocenters. The lowest BCUT2D eigenvalue weighted by atomic mass is 9.99. The van der Waals surface area contributed by atoms with E-state index < -0.39 is 0 Å². The lowest BCUT2D eigenvalue weighted by Gasteiger charge is -2.13. The molecule has 3 rings (SSSR count). The molecule has 0 saturated carbocycles. The molecule has 0 aromatic heterocycles. The van der Waals surface area contributed by atoms with Crippen molar-refractivity contribution in [3.05, 3.63) is 107 Å². The summed E-state index contributed by atoms with van der Waals surface area (Å²) in [4.78, 5) is 25.9. The maximum Gasteiger partial charge on any atom is 0.256 e. The highest BCUT2D eigenvalue weighted by Gasteiger charge is 2.16. The topological polar surface area (TPSA) is 102 Å². The Kier molecular flexibility index (Phi) is 25.5. The Morgan fingerprint density at radius 2 is 1.37 bits per heavy atom. The third-order valence-electron chi connectivity index (χ3n) is 8.05. The number of carbonyl (C=O) groups excluding carboxylic acids is 2. The number of hydrogen-bond acceptors (Lipinski definition) is 6. The van der Waals surface area contributed by atoms with E-state index in [1.54, 1.807) is 29.7 Å². The lowest BCUT2D eigenvalue weighted by Crippen LogP contribution is -2.27. The van der Waals surface area contributed by atoms with Crippen molar-refractivity contribution in [1.82, 2.24) is 16.0 Å². The smallest absolute Gasteiger partial charge is 0.256 e. The van der Waals surface area contributed by atoms with Crippen molar-refractivity contribution in [3.8, 4) is 16.9 Å². The van der Waals surface area contributed by atoms with Gasteiger partial charge in [0.25, 0.3) is 11.8 Å². The number of likely N-dealkylation sites (N-methyl/N-ethyl adjacent to an activating group) is 1. The molecule has 2 amide bonds. The number of carbonyl (C=O) groups is 2. The van der Waals surface area contributed by atoms with Gasteiger partial charge in [-0.15, -0.1) is 0 Å². The summed E-state index contributed by atoms with van der Waals surface area (Å²) in [5.74, 6) is -0.897. The van der Waals surface area contributed by atoms with Crippen LogP contribution in [0.1, 0.15) is 120 Å². The van der Waals surface area contributed by atoms with Gasteiger partial charge < -0.3 is 26.4 Å². The van der Waals surface area contributed by atoms with Gasteiger partial charge in [-0.1, -0.05) is 122 Å². The minimum Gasteiger partial charge on any atom is -0.506 e. The number of benzene rings is 3. The van der Waals surface area contributed by atoms with Crippen molar-refractivity contribution in [2.45, 2.75) is 99.3 Å². The maximum absolute atomic E-state index is 13.1. The van der Waals surface area contributed by atoms with Crippen LogP contribution in [-0.2, 0) is 0 Å². The number of unbranched alkanes of at least 4 members (excludes halogenated alkanes) is 5. The molecule has 5 N–H and O–H groups in total. The highest BCUT2D eigenvalue weighted by molar-refractivity contribution is 7.83. The van der Waals surface area contributed by atoms with Crippen molar-refractivity contribution in [2.24, 2.45) is 0 Å². The van der Waals surface area contributed by atoms with E-state index in [0.717, 1.165) is 62.0 Å². The van der Waals surface area contributed by atoms with Gasteiger partial charge in [-0.2, -0.15) is 12.6 Å². The van der Waals surface area contributed by atoms with Crippen LogP contribution in [0.4, 0.5) is 5.69 Å². The van der Waals surface area contributed by atoms with E-state index in [9.17, 15) is 14.7 Å². The summed E-state index contributed by atoms with van der Waals surface area (Å²) >= 11 is 4.15. The number of allylic oxidation sites excluding steroid dienone is 2. The molecular weight excluding hydrogens is 653 g/mol. The van der Waals surface area contributed by atoms with Crippen molar-refractivity contribution >= 4 is 30.1 Å². The largest absolute Gasteiger partial charge is 0.506 e. The zero-order chi connectivity index (χ0) is 37.7. The molecule has 0 aliphatic heterocycles. The molecule has 7 nitrogen and oxygen atoms in total. The lowest BCUT2D eigenvalue weighted by molar-refractivity contribution is 0.0965. The minimum atomic E-state index is -0.353. The second-order valence-corrected chi connectivity index (χ2v) is 12.6. The SMILES string of the molecule is CCCC.CCCCC/C(C)=C(/C=C\S)NC(=O)c1ccc(NC(=O)c2ccccc2-c2ccccc2)c(O)c1.CCCCCNCCNCC. The summed E-state index contributed by atoms with van der Waals surface area (Å²) in [6.07, 6.45) is 12.6. The molecule has 0 atom stereocenters. The summed E-state index contributed by atoms with van der Waals surface area (Å²) in [5, 5.41) is 24.5. The Balaban J connectivity index is 0.000000726. The van der Waals surface area contributed by atoms with Crippen LogP contribution in [0.25, 0.3) is 11.1 Å². The van der Waals surface area contributed by atoms with E-state index in [4.69, 9.17) is 0 Å². The molecular formula is C43H64N4O3S. The van der Waals surface area contributed by atoms with Crippen LogP contribution in [0, 0.1) is 0 Å². The van der Waals surface area contributed by atoms with Crippen LogP contribution in [0.5, 0.6) is 5.75 Å². The molecule has 3 aromatic carbocycles. The molecule has 0 fully saturated rings. The quantitative estimate of drug-likeness (QED) is 0.0321. The van der Waals surface area contributed by atoms with Gasteiger partial charge in [0.1, 0.15) is 5.75 Å². The number of thiol groups is 1. The molecule has 0 heterocycles. The first-order valence-electron chi connectivity index (χ1n) is 18.8. The fourth-order valence-electron chi connectivity index (χ4n) is 4.83. The van der Waals surface area contributed by atoms with Gasteiger partial charge in [-0.05, 0) is 91.7 Å². The van der Waals surface area contributed by atoms with Crippen molar-refractivity contribution in [3.63, 3.8) is 0 Å². The number of nitrogens with one attached hydrogen (secondary N) is 4. The molecule has 0 saturated heterocycles. The Morgan fingerprint density at radius 3 is 2.00 bits per heavy atom. The number of phenolic OH excluding ortho intramolecular Hbond substituents is 1. The van der Waals surface area contributed by atoms with E-state index >= 15 is 0 Å². The normalized spacial score (nSPS) is 11.1. The molecule has 3 aromatic rings. The van der Waals surface area contributed by atoms with Crippen LogP contribution in [-0.4, -0.2) is 43.1 Å². The zero-order valence-electron chi connectivity index (χ0n) is 32.0. The fraction of sp³-hybridized carbons (Fsp3) is 0.442. The number of amides is 2. The number of hydrogen-bond donors (Lipinski definition) is 6. The van der Waals surface area contributed by atoms with Crippen LogP contribution >= 0.6 is 12.6 Å².